The summed E-state index contributed by atoms with van der Waals surface area (Å²) in [7, 11) is -0.830. The normalized spacial score (nSPS) is 12.2. The van der Waals surface area contributed by atoms with Gasteiger partial charge in [0.05, 0.1) is 22.2 Å². The summed E-state index contributed by atoms with van der Waals surface area (Å²) in [6.07, 6.45) is 0. The van der Waals surface area contributed by atoms with Crippen LogP contribution < -0.4 is 10.6 Å². The van der Waals surface area contributed by atoms with Gasteiger partial charge in [-0.1, -0.05) is 48.5 Å². The monoisotopic (exact) mass is 451 g/mol. The van der Waals surface area contributed by atoms with E-state index < -0.39 is 15.9 Å². The van der Waals surface area contributed by atoms with Gasteiger partial charge >= 0.3 is 0 Å². The summed E-state index contributed by atoms with van der Waals surface area (Å²) in [5, 5.41) is 5.65. The molecule has 0 aliphatic rings. The molecular formula is C24H25N3O4S. The second-order valence-corrected chi connectivity index (χ2v) is 9.57. The van der Waals surface area contributed by atoms with Crippen molar-refractivity contribution < 1.29 is 18.0 Å². The predicted octanol–water partition coefficient (Wildman–Crippen LogP) is 3.68. The van der Waals surface area contributed by atoms with E-state index in [4.69, 9.17) is 0 Å². The maximum Gasteiger partial charge on any atom is 0.255 e. The molecule has 0 aromatic heterocycles. The third-order valence-electron chi connectivity index (χ3n) is 4.94. The number of hydrogen-bond donors (Lipinski definition) is 2. The molecule has 2 N–H and O–H groups in total. The first-order valence-electron chi connectivity index (χ1n) is 9.99. The summed E-state index contributed by atoms with van der Waals surface area (Å²) in [4.78, 5) is 25.7. The highest BCUT2D eigenvalue weighted by atomic mass is 32.2. The van der Waals surface area contributed by atoms with Crippen LogP contribution in [0.4, 0.5) is 5.69 Å². The first-order chi connectivity index (χ1) is 15.2. The van der Waals surface area contributed by atoms with Gasteiger partial charge in [0, 0.05) is 19.7 Å². The highest BCUT2D eigenvalue weighted by molar-refractivity contribution is 7.89. The fourth-order valence-electron chi connectivity index (χ4n) is 3.09. The minimum absolute atomic E-state index is 0.0119. The van der Waals surface area contributed by atoms with Crippen molar-refractivity contribution in [2.45, 2.75) is 17.9 Å². The Morgan fingerprint density at radius 2 is 1.50 bits per heavy atom. The average molecular weight is 452 g/mol. The van der Waals surface area contributed by atoms with E-state index in [9.17, 15) is 18.0 Å². The Kier molecular flexibility index (Phi) is 7.07. The van der Waals surface area contributed by atoms with Crippen molar-refractivity contribution in [2.75, 3.05) is 19.4 Å². The smallest absolute Gasteiger partial charge is 0.255 e. The number of hydrogen-bond acceptors (Lipinski definition) is 4. The SMILES string of the molecule is CC(NC(=O)c1ccccc1NC(=O)c1cccc(S(=O)(=O)N(C)C)c1)c1ccccc1. The van der Waals surface area contributed by atoms with Crippen LogP contribution in [-0.2, 0) is 10.0 Å². The van der Waals surface area contributed by atoms with Crippen molar-refractivity contribution in [2.24, 2.45) is 0 Å². The molecule has 8 heteroatoms. The van der Waals surface area contributed by atoms with Crippen molar-refractivity contribution in [1.29, 1.82) is 0 Å². The molecule has 0 spiro atoms. The van der Waals surface area contributed by atoms with E-state index in [0.717, 1.165) is 9.87 Å². The van der Waals surface area contributed by atoms with Gasteiger partial charge in [0.15, 0.2) is 0 Å². The van der Waals surface area contributed by atoms with Gasteiger partial charge in [-0.15, -0.1) is 0 Å². The zero-order chi connectivity index (χ0) is 23.3. The average Bonchev–Trinajstić information content (AvgIpc) is 2.79. The zero-order valence-electron chi connectivity index (χ0n) is 18.1. The molecule has 7 nitrogen and oxygen atoms in total. The van der Waals surface area contributed by atoms with Gasteiger partial charge in [0.1, 0.15) is 0 Å². The van der Waals surface area contributed by atoms with Gasteiger partial charge in [0.25, 0.3) is 11.8 Å². The molecule has 32 heavy (non-hydrogen) atoms. The van der Waals surface area contributed by atoms with E-state index in [-0.39, 0.29) is 22.4 Å². The number of benzene rings is 3. The molecule has 0 bridgehead atoms. The van der Waals surface area contributed by atoms with Crippen LogP contribution in [0.3, 0.4) is 0 Å². The molecule has 0 saturated heterocycles. The number of carbonyl (C=O) groups is 2. The number of sulfonamides is 1. The number of rotatable bonds is 7. The van der Waals surface area contributed by atoms with Gasteiger partial charge in [-0.25, -0.2) is 12.7 Å². The lowest BCUT2D eigenvalue weighted by Gasteiger charge is -2.16. The maximum atomic E-state index is 12.9. The predicted molar refractivity (Wildman–Crippen MR) is 124 cm³/mol. The number of carbonyl (C=O) groups excluding carboxylic acids is 2. The van der Waals surface area contributed by atoms with E-state index in [1.165, 1.54) is 38.4 Å². The molecule has 2 amide bonds. The lowest BCUT2D eigenvalue weighted by Crippen LogP contribution is -2.28. The van der Waals surface area contributed by atoms with E-state index >= 15 is 0 Å². The van der Waals surface area contributed by atoms with Gasteiger partial charge in [0.2, 0.25) is 10.0 Å². The van der Waals surface area contributed by atoms with Crippen LogP contribution in [0.1, 0.15) is 39.2 Å². The first kappa shape index (κ1) is 23.2. The number of nitrogens with one attached hydrogen (secondary N) is 2. The van der Waals surface area contributed by atoms with E-state index in [1.54, 1.807) is 24.3 Å². The van der Waals surface area contributed by atoms with Crippen molar-refractivity contribution in [3.63, 3.8) is 0 Å². The van der Waals surface area contributed by atoms with Crippen LogP contribution in [-0.4, -0.2) is 38.6 Å². The fraction of sp³-hybridized carbons (Fsp3) is 0.167. The van der Waals surface area contributed by atoms with Crippen molar-refractivity contribution in [3.05, 3.63) is 95.6 Å². The van der Waals surface area contributed by atoms with Crippen LogP contribution in [0.15, 0.2) is 83.8 Å². The van der Waals surface area contributed by atoms with Crippen LogP contribution in [0, 0.1) is 0 Å². The van der Waals surface area contributed by atoms with Crippen LogP contribution in [0.25, 0.3) is 0 Å². The molecule has 166 valence electrons. The Hall–Kier alpha value is -3.49. The fourth-order valence-corrected chi connectivity index (χ4v) is 4.04. The quantitative estimate of drug-likeness (QED) is 0.573. The number of amides is 2. The zero-order valence-corrected chi connectivity index (χ0v) is 18.9. The molecule has 0 fully saturated rings. The summed E-state index contributed by atoms with van der Waals surface area (Å²) in [5.74, 6) is -0.849. The highest BCUT2D eigenvalue weighted by Gasteiger charge is 2.20. The summed E-state index contributed by atoms with van der Waals surface area (Å²) in [6, 6.07) is 21.8. The third-order valence-corrected chi connectivity index (χ3v) is 6.75. The molecular weight excluding hydrogens is 426 g/mol. The minimum Gasteiger partial charge on any atom is -0.345 e. The molecule has 0 heterocycles. The molecule has 0 aliphatic heterocycles. The molecule has 0 aliphatic carbocycles. The van der Waals surface area contributed by atoms with Crippen molar-refractivity contribution >= 4 is 27.5 Å². The lowest BCUT2D eigenvalue weighted by molar-refractivity contribution is 0.0940. The number of para-hydroxylation sites is 1. The summed E-state index contributed by atoms with van der Waals surface area (Å²) < 4.78 is 25.8. The maximum absolute atomic E-state index is 12.9. The van der Waals surface area contributed by atoms with Gasteiger partial charge in [-0.05, 0) is 42.8 Å². The Balaban J connectivity index is 1.81. The molecule has 1 unspecified atom stereocenters. The Bertz CT molecular complexity index is 1220. The molecule has 3 rings (SSSR count). The summed E-state index contributed by atoms with van der Waals surface area (Å²) >= 11 is 0. The Morgan fingerprint density at radius 1 is 0.844 bits per heavy atom. The van der Waals surface area contributed by atoms with Gasteiger partial charge in [-0.2, -0.15) is 0 Å². The summed E-state index contributed by atoms with van der Waals surface area (Å²) in [5.41, 5.74) is 1.76. The highest BCUT2D eigenvalue weighted by Crippen LogP contribution is 2.20. The van der Waals surface area contributed by atoms with E-state index in [0.29, 0.717) is 11.3 Å². The second-order valence-electron chi connectivity index (χ2n) is 7.42. The van der Waals surface area contributed by atoms with E-state index in [2.05, 4.69) is 10.6 Å². The molecule has 0 saturated carbocycles. The number of nitrogens with zero attached hydrogens (tertiary/aromatic N) is 1. The van der Waals surface area contributed by atoms with Gasteiger partial charge < -0.3 is 10.6 Å². The van der Waals surface area contributed by atoms with Crippen LogP contribution in [0.2, 0.25) is 0 Å². The summed E-state index contributed by atoms with van der Waals surface area (Å²) in [6.45, 7) is 1.88. The topological polar surface area (TPSA) is 95.6 Å². The largest absolute Gasteiger partial charge is 0.345 e. The Labute approximate surface area is 188 Å². The standard InChI is InChI=1S/C24H25N3O4S/c1-17(18-10-5-4-6-11-18)25-24(29)21-14-7-8-15-22(21)26-23(28)19-12-9-13-20(16-19)32(30,31)27(2)3/h4-17H,1-3H3,(H,25,29)(H,26,28). The molecule has 3 aromatic rings. The van der Waals surface area contributed by atoms with Crippen LogP contribution >= 0.6 is 0 Å². The first-order valence-corrected chi connectivity index (χ1v) is 11.4. The van der Waals surface area contributed by atoms with Crippen molar-refractivity contribution in [1.82, 2.24) is 9.62 Å². The molecule has 0 radical (unpaired) electrons. The van der Waals surface area contributed by atoms with E-state index in [1.807, 2.05) is 37.3 Å². The second kappa shape index (κ2) is 9.76. The third kappa shape index (κ3) is 5.22. The molecule has 3 aromatic carbocycles. The number of anilines is 1. The molecule has 1 atom stereocenters. The lowest BCUT2D eigenvalue weighted by atomic mass is 10.1. The van der Waals surface area contributed by atoms with Crippen molar-refractivity contribution in [3.8, 4) is 0 Å². The van der Waals surface area contributed by atoms with Gasteiger partial charge in [-0.3, -0.25) is 9.59 Å². The van der Waals surface area contributed by atoms with Crippen LogP contribution in [0.5, 0.6) is 0 Å². The Morgan fingerprint density at radius 3 is 2.19 bits per heavy atom. The minimum atomic E-state index is -3.68.